The summed E-state index contributed by atoms with van der Waals surface area (Å²) in [6.45, 7) is 0.326. The lowest BCUT2D eigenvalue weighted by Crippen LogP contribution is -2.48. The Morgan fingerprint density at radius 3 is 2.37 bits per heavy atom. The molecule has 0 saturated carbocycles. The van der Waals surface area contributed by atoms with E-state index in [4.69, 9.17) is 28.6 Å². The smallest absolute Gasteiger partial charge is 0.273 e. The molecule has 0 aliphatic rings. The van der Waals surface area contributed by atoms with Crippen LogP contribution in [0.4, 0.5) is 0 Å². The van der Waals surface area contributed by atoms with Gasteiger partial charge in [-0.05, 0) is 48.1 Å². The monoisotopic (exact) mass is 439 g/mol. The number of benzene rings is 3. The Labute approximate surface area is 184 Å². The summed E-state index contributed by atoms with van der Waals surface area (Å²) >= 11 is 10.9. The molecule has 0 saturated heterocycles. The summed E-state index contributed by atoms with van der Waals surface area (Å²) in [5.41, 5.74) is 6.61. The van der Waals surface area contributed by atoms with Gasteiger partial charge in [0, 0.05) is 10.6 Å². The Hall–Kier alpha value is -3.42. The standard InChI is InChI=1S/C22H18ClN3O3S/c23-17-10-6-9-16(13-17)20(27)24-22(30)26-25-21(28)18-11-4-5-12-19(18)29-14-15-7-2-1-3-8-15/h1-13H,14H2,(H,25,28)(H2,24,26,27,30). The quantitative estimate of drug-likeness (QED) is 0.415. The molecule has 3 aromatic carbocycles. The van der Waals surface area contributed by atoms with Crippen LogP contribution in [0.1, 0.15) is 26.3 Å². The molecule has 30 heavy (non-hydrogen) atoms. The van der Waals surface area contributed by atoms with E-state index in [1.165, 1.54) is 6.07 Å². The summed E-state index contributed by atoms with van der Waals surface area (Å²) in [6.07, 6.45) is 0. The van der Waals surface area contributed by atoms with Crippen molar-refractivity contribution in [2.45, 2.75) is 6.61 Å². The van der Waals surface area contributed by atoms with Crippen LogP contribution in [0, 0.1) is 0 Å². The number of nitrogens with one attached hydrogen (secondary N) is 3. The van der Waals surface area contributed by atoms with Gasteiger partial charge in [-0.15, -0.1) is 0 Å². The van der Waals surface area contributed by atoms with Gasteiger partial charge >= 0.3 is 0 Å². The van der Waals surface area contributed by atoms with E-state index in [1.54, 1.807) is 42.5 Å². The molecule has 0 bridgehead atoms. The van der Waals surface area contributed by atoms with Crippen LogP contribution in [0.2, 0.25) is 5.02 Å². The molecule has 152 valence electrons. The zero-order valence-corrected chi connectivity index (χ0v) is 17.3. The third kappa shape index (κ3) is 6.04. The van der Waals surface area contributed by atoms with E-state index in [0.717, 1.165) is 5.56 Å². The molecule has 6 nitrogen and oxygen atoms in total. The highest BCUT2D eigenvalue weighted by Gasteiger charge is 2.13. The Bertz CT molecular complexity index is 1060. The van der Waals surface area contributed by atoms with E-state index in [1.807, 2.05) is 30.3 Å². The van der Waals surface area contributed by atoms with E-state index in [-0.39, 0.29) is 5.11 Å². The number of ether oxygens (including phenoxy) is 1. The minimum Gasteiger partial charge on any atom is -0.488 e. The van der Waals surface area contributed by atoms with Crippen LogP contribution in [0.3, 0.4) is 0 Å². The summed E-state index contributed by atoms with van der Waals surface area (Å²) in [7, 11) is 0. The second-order valence-corrected chi connectivity index (χ2v) is 6.99. The molecule has 0 aliphatic carbocycles. The molecule has 8 heteroatoms. The summed E-state index contributed by atoms with van der Waals surface area (Å²) < 4.78 is 5.78. The van der Waals surface area contributed by atoms with Crippen molar-refractivity contribution in [3.63, 3.8) is 0 Å². The van der Waals surface area contributed by atoms with Crippen LogP contribution >= 0.6 is 23.8 Å². The number of thiocarbonyl (C=S) groups is 1. The van der Waals surface area contributed by atoms with E-state index in [0.29, 0.717) is 28.5 Å². The van der Waals surface area contributed by atoms with Gasteiger partial charge in [0.05, 0.1) is 5.56 Å². The van der Waals surface area contributed by atoms with Crippen LogP contribution in [-0.2, 0) is 6.61 Å². The van der Waals surface area contributed by atoms with Crippen molar-refractivity contribution in [1.29, 1.82) is 0 Å². The molecular formula is C22H18ClN3O3S. The van der Waals surface area contributed by atoms with Crippen LogP contribution in [0.5, 0.6) is 5.75 Å². The van der Waals surface area contributed by atoms with Crippen LogP contribution in [0.15, 0.2) is 78.9 Å². The Kier molecular flexibility index (Phi) is 7.37. The summed E-state index contributed by atoms with van der Waals surface area (Å²) in [5.74, 6) is -0.483. The normalized spacial score (nSPS) is 10.0. The lowest BCUT2D eigenvalue weighted by atomic mass is 10.2. The van der Waals surface area contributed by atoms with Crippen molar-refractivity contribution in [3.8, 4) is 5.75 Å². The number of hydrogen-bond donors (Lipinski definition) is 3. The largest absolute Gasteiger partial charge is 0.488 e. The Morgan fingerprint density at radius 1 is 0.867 bits per heavy atom. The molecule has 0 atom stereocenters. The van der Waals surface area contributed by atoms with Crippen molar-refractivity contribution in [1.82, 2.24) is 16.2 Å². The lowest BCUT2D eigenvalue weighted by molar-refractivity contribution is 0.0930. The molecule has 2 amide bonds. The fraction of sp³-hybridized carbons (Fsp3) is 0.0455. The first kappa shape index (κ1) is 21.3. The van der Waals surface area contributed by atoms with Gasteiger partial charge in [0.15, 0.2) is 5.11 Å². The number of hydrogen-bond acceptors (Lipinski definition) is 4. The van der Waals surface area contributed by atoms with Gasteiger partial charge in [0.1, 0.15) is 12.4 Å². The fourth-order valence-corrected chi connectivity index (χ4v) is 2.87. The van der Waals surface area contributed by atoms with Crippen molar-refractivity contribution < 1.29 is 14.3 Å². The SMILES string of the molecule is O=C(NC(=S)NNC(=O)c1ccccc1OCc1ccccc1)c1cccc(Cl)c1. The fourth-order valence-electron chi connectivity index (χ4n) is 2.53. The van der Waals surface area contributed by atoms with Crippen molar-refractivity contribution in [2.24, 2.45) is 0 Å². The van der Waals surface area contributed by atoms with Crippen LogP contribution < -0.4 is 20.9 Å². The second-order valence-electron chi connectivity index (χ2n) is 6.14. The first-order valence-corrected chi connectivity index (χ1v) is 9.74. The molecule has 0 aromatic heterocycles. The minimum absolute atomic E-state index is 0.0592. The number of para-hydroxylation sites is 1. The van der Waals surface area contributed by atoms with E-state index < -0.39 is 11.8 Å². The maximum absolute atomic E-state index is 12.5. The number of rotatable bonds is 5. The minimum atomic E-state index is -0.460. The number of amides is 2. The average Bonchev–Trinajstić information content (AvgIpc) is 2.77. The third-order valence-corrected chi connectivity index (χ3v) is 4.41. The highest BCUT2D eigenvalue weighted by molar-refractivity contribution is 7.80. The zero-order chi connectivity index (χ0) is 21.3. The maximum atomic E-state index is 12.5. The number of halogens is 1. The molecule has 0 spiro atoms. The van der Waals surface area contributed by atoms with Gasteiger partial charge in [-0.1, -0.05) is 60.1 Å². The third-order valence-electron chi connectivity index (χ3n) is 3.97. The Balaban J connectivity index is 1.55. The maximum Gasteiger partial charge on any atom is 0.273 e. The predicted molar refractivity (Wildman–Crippen MR) is 119 cm³/mol. The van der Waals surface area contributed by atoms with Gasteiger partial charge in [0.25, 0.3) is 11.8 Å². The van der Waals surface area contributed by atoms with Crippen LogP contribution in [0.25, 0.3) is 0 Å². The van der Waals surface area contributed by atoms with Crippen molar-refractivity contribution in [3.05, 3.63) is 101 Å². The highest BCUT2D eigenvalue weighted by Crippen LogP contribution is 2.19. The molecule has 3 rings (SSSR count). The molecule has 0 unspecified atom stereocenters. The summed E-state index contributed by atoms with van der Waals surface area (Å²) in [4.78, 5) is 24.7. The first-order valence-electron chi connectivity index (χ1n) is 8.96. The molecule has 0 heterocycles. The number of carbonyl (C=O) groups excluding carboxylic acids is 2. The van der Waals surface area contributed by atoms with E-state index >= 15 is 0 Å². The molecule has 3 N–H and O–H groups in total. The summed E-state index contributed by atoms with van der Waals surface area (Å²) in [6, 6.07) is 22.9. The van der Waals surface area contributed by atoms with Crippen molar-refractivity contribution in [2.75, 3.05) is 0 Å². The highest BCUT2D eigenvalue weighted by atomic mass is 35.5. The van der Waals surface area contributed by atoms with Gasteiger partial charge in [-0.3, -0.25) is 25.8 Å². The zero-order valence-electron chi connectivity index (χ0n) is 15.7. The number of carbonyl (C=O) groups is 2. The first-order chi connectivity index (χ1) is 14.5. The second kappa shape index (κ2) is 10.4. The van der Waals surface area contributed by atoms with Gasteiger partial charge in [-0.25, -0.2) is 0 Å². The predicted octanol–water partition coefficient (Wildman–Crippen LogP) is 3.87. The molecule has 0 radical (unpaired) electrons. The molecule has 0 fully saturated rings. The Morgan fingerprint density at radius 2 is 1.60 bits per heavy atom. The van der Waals surface area contributed by atoms with Crippen LogP contribution in [-0.4, -0.2) is 16.9 Å². The topological polar surface area (TPSA) is 79.5 Å². The van der Waals surface area contributed by atoms with Gasteiger partial charge < -0.3 is 4.74 Å². The van der Waals surface area contributed by atoms with E-state index in [9.17, 15) is 9.59 Å². The molecular weight excluding hydrogens is 422 g/mol. The van der Waals surface area contributed by atoms with Crippen molar-refractivity contribution >= 4 is 40.7 Å². The average molecular weight is 440 g/mol. The summed E-state index contributed by atoms with van der Waals surface area (Å²) in [5, 5.41) is 2.84. The van der Waals surface area contributed by atoms with Gasteiger partial charge in [-0.2, -0.15) is 0 Å². The van der Waals surface area contributed by atoms with E-state index in [2.05, 4.69) is 16.2 Å². The van der Waals surface area contributed by atoms with Gasteiger partial charge in [0.2, 0.25) is 0 Å². The molecule has 3 aromatic rings. The molecule has 0 aliphatic heterocycles. The number of hydrazine groups is 1. The lowest BCUT2D eigenvalue weighted by Gasteiger charge is -2.14.